The van der Waals surface area contributed by atoms with Crippen molar-refractivity contribution < 1.29 is 13.9 Å². The number of hydrogen-bond donors (Lipinski definition) is 2. The summed E-state index contributed by atoms with van der Waals surface area (Å²) in [5, 5.41) is 0. The number of carbonyl (C=O) groups is 1. The number of benzene rings is 2. The SMILES string of the molecule is NC(=O)c1cc(N)ccc1Oc1ccc(Br)c(F)c1. The van der Waals surface area contributed by atoms with Crippen molar-refractivity contribution in [1.29, 1.82) is 0 Å². The maximum absolute atomic E-state index is 13.4. The molecular formula is C13H10BrFN2O2. The topological polar surface area (TPSA) is 78.3 Å². The maximum atomic E-state index is 13.4. The highest BCUT2D eigenvalue weighted by Crippen LogP contribution is 2.29. The van der Waals surface area contributed by atoms with Crippen molar-refractivity contribution in [2.24, 2.45) is 5.73 Å². The van der Waals surface area contributed by atoms with Crippen LogP contribution in [0.15, 0.2) is 40.9 Å². The van der Waals surface area contributed by atoms with Gasteiger partial charge in [-0.2, -0.15) is 0 Å². The van der Waals surface area contributed by atoms with Gasteiger partial charge in [0.25, 0.3) is 5.91 Å². The molecule has 19 heavy (non-hydrogen) atoms. The molecule has 0 radical (unpaired) electrons. The molecule has 98 valence electrons. The molecule has 6 heteroatoms. The summed E-state index contributed by atoms with van der Waals surface area (Å²) in [5.41, 5.74) is 11.3. The second-order valence-corrected chi connectivity index (χ2v) is 4.65. The van der Waals surface area contributed by atoms with Gasteiger partial charge in [-0.15, -0.1) is 0 Å². The van der Waals surface area contributed by atoms with Gasteiger partial charge in [-0.05, 0) is 46.3 Å². The third-order valence-corrected chi connectivity index (χ3v) is 3.03. The van der Waals surface area contributed by atoms with E-state index in [4.69, 9.17) is 16.2 Å². The van der Waals surface area contributed by atoms with E-state index >= 15 is 0 Å². The van der Waals surface area contributed by atoms with Crippen molar-refractivity contribution in [3.63, 3.8) is 0 Å². The van der Waals surface area contributed by atoms with Gasteiger partial charge in [0.05, 0.1) is 10.0 Å². The molecule has 0 spiro atoms. The lowest BCUT2D eigenvalue weighted by molar-refractivity contribution is 0.0998. The van der Waals surface area contributed by atoms with Gasteiger partial charge in [-0.25, -0.2) is 4.39 Å². The first-order valence-electron chi connectivity index (χ1n) is 5.29. The molecule has 0 aromatic heterocycles. The molecule has 0 aliphatic heterocycles. The molecule has 0 saturated carbocycles. The minimum absolute atomic E-state index is 0.142. The number of nitrogens with two attached hydrogens (primary N) is 2. The van der Waals surface area contributed by atoms with Crippen LogP contribution < -0.4 is 16.2 Å². The molecule has 4 nitrogen and oxygen atoms in total. The number of ether oxygens (including phenoxy) is 1. The molecule has 2 aromatic carbocycles. The van der Waals surface area contributed by atoms with E-state index in [9.17, 15) is 9.18 Å². The van der Waals surface area contributed by atoms with Crippen LogP contribution in [0.5, 0.6) is 11.5 Å². The van der Waals surface area contributed by atoms with Gasteiger partial charge in [0, 0.05) is 11.8 Å². The quantitative estimate of drug-likeness (QED) is 0.851. The van der Waals surface area contributed by atoms with Crippen LogP contribution in [0, 0.1) is 5.82 Å². The zero-order valence-electron chi connectivity index (χ0n) is 9.69. The van der Waals surface area contributed by atoms with Gasteiger partial charge < -0.3 is 16.2 Å². The Hall–Kier alpha value is -2.08. The Labute approximate surface area is 117 Å². The zero-order valence-corrected chi connectivity index (χ0v) is 11.3. The molecule has 2 rings (SSSR count). The number of nitrogen functional groups attached to an aromatic ring is 1. The molecule has 0 saturated heterocycles. The molecule has 2 aromatic rings. The normalized spacial score (nSPS) is 10.2. The van der Waals surface area contributed by atoms with Crippen LogP contribution in [0.3, 0.4) is 0 Å². The van der Waals surface area contributed by atoms with Crippen molar-refractivity contribution >= 4 is 27.5 Å². The van der Waals surface area contributed by atoms with E-state index in [2.05, 4.69) is 15.9 Å². The van der Waals surface area contributed by atoms with E-state index in [0.717, 1.165) is 0 Å². The maximum Gasteiger partial charge on any atom is 0.252 e. The fraction of sp³-hybridized carbons (Fsp3) is 0. The van der Waals surface area contributed by atoms with Gasteiger partial charge in [0.1, 0.15) is 17.3 Å². The minimum Gasteiger partial charge on any atom is -0.456 e. The Morgan fingerprint density at radius 2 is 1.95 bits per heavy atom. The van der Waals surface area contributed by atoms with Crippen molar-refractivity contribution in [2.75, 3.05) is 5.73 Å². The monoisotopic (exact) mass is 324 g/mol. The first-order valence-corrected chi connectivity index (χ1v) is 6.09. The average molecular weight is 325 g/mol. The summed E-state index contributed by atoms with van der Waals surface area (Å²) in [7, 11) is 0. The van der Waals surface area contributed by atoms with Crippen LogP contribution in [0.1, 0.15) is 10.4 Å². The highest BCUT2D eigenvalue weighted by molar-refractivity contribution is 9.10. The van der Waals surface area contributed by atoms with Gasteiger partial charge >= 0.3 is 0 Å². The Bertz CT molecular complexity index is 647. The molecule has 1 amide bonds. The van der Waals surface area contributed by atoms with Gasteiger partial charge in [-0.1, -0.05) is 0 Å². The number of amides is 1. The number of primary amides is 1. The zero-order chi connectivity index (χ0) is 14.0. The van der Waals surface area contributed by atoms with E-state index in [0.29, 0.717) is 10.2 Å². The third kappa shape index (κ3) is 3.03. The number of anilines is 1. The predicted octanol–water partition coefficient (Wildman–Crippen LogP) is 3.06. The van der Waals surface area contributed by atoms with E-state index in [1.807, 2.05) is 0 Å². The first-order chi connectivity index (χ1) is 8.97. The fourth-order valence-corrected chi connectivity index (χ4v) is 1.74. The van der Waals surface area contributed by atoms with E-state index in [1.54, 1.807) is 12.1 Å². The van der Waals surface area contributed by atoms with Crippen LogP contribution >= 0.6 is 15.9 Å². The lowest BCUT2D eigenvalue weighted by Gasteiger charge is -2.10. The Morgan fingerprint density at radius 1 is 1.21 bits per heavy atom. The van der Waals surface area contributed by atoms with Crippen LogP contribution in [0.2, 0.25) is 0 Å². The van der Waals surface area contributed by atoms with Crippen molar-refractivity contribution in [3.05, 3.63) is 52.3 Å². The highest BCUT2D eigenvalue weighted by atomic mass is 79.9. The summed E-state index contributed by atoms with van der Waals surface area (Å²) in [6, 6.07) is 8.75. The Balaban J connectivity index is 2.37. The van der Waals surface area contributed by atoms with Crippen molar-refractivity contribution in [2.45, 2.75) is 0 Å². The number of halogens is 2. The van der Waals surface area contributed by atoms with Crippen molar-refractivity contribution in [1.82, 2.24) is 0 Å². The van der Waals surface area contributed by atoms with E-state index in [-0.39, 0.29) is 17.1 Å². The molecule has 0 atom stereocenters. The van der Waals surface area contributed by atoms with E-state index < -0.39 is 11.7 Å². The second-order valence-electron chi connectivity index (χ2n) is 3.80. The van der Waals surface area contributed by atoms with Crippen LogP contribution in [0.4, 0.5) is 10.1 Å². The molecule has 0 fully saturated rings. The number of rotatable bonds is 3. The van der Waals surface area contributed by atoms with Crippen LogP contribution in [-0.2, 0) is 0 Å². The summed E-state index contributed by atoms with van der Waals surface area (Å²) in [6.45, 7) is 0. The largest absolute Gasteiger partial charge is 0.456 e. The summed E-state index contributed by atoms with van der Waals surface area (Å²) >= 11 is 3.04. The number of carbonyl (C=O) groups excluding carboxylic acids is 1. The summed E-state index contributed by atoms with van der Waals surface area (Å²) < 4.78 is 19.1. The molecule has 4 N–H and O–H groups in total. The molecule has 0 heterocycles. The standard InChI is InChI=1S/C13H10BrFN2O2/c14-10-3-2-8(6-11(10)15)19-12-4-1-7(16)5-9(12)13(17)18/h1-6H,16H2,(H2,17,18). The molecule has 0 aliphatic carbocycles. The molecule has 0 unspecified atom stereocenters. The Kier molecular flexibility index (Phi) is 3.71. The van der Waals surface area contributed by atoms with Gasteiger partial charge in [0.15, 0.2) is 0 Å². The molecule has 0 bridgehead atoms. The second kappa shape index (κ2) is 5.27. The van der Waals surface area contributed by atoms with Crippen molar-refractivity contribution in [3.8, 4) is 11.5 Å². The van der Waals surface area contributed by atoms with Crippen LogP contribution in [-0.4, -0.2) is 5.91 Å². The lowest BCUT2D eigenvalue weighted by atomic mass is 10.1. The number of hydrogen-bond acceptors (Lipinski definition) is 3. The summed E-state index contributed by atoms with van der Waals surface area (Å²) in [6.07, 6.45) is 0. The molecular weight excluding hydrogens is 315 g/mol. The summed E-state index contributed by atoms with van der Waals surface area (Å²) in [5.74, 6) is -0.648. The Morgan fingerprint density at radius 3 is 2.58 bits per heavy atom. The van der Waals surface area contributed by atoms with Gasteiger partial charge in [-0.3, -0.25) is 4.79 Å². The first kappa shape index (κ1) is 13.4. The fourth-order valence-electron chi connectivity index (χ4n) is 1.50. The summed E-state index contributed by atoms with van der Waals surface area (Å²) in [4.78, 5) is 11.3. The lowest BCUT2D eigenvalue weighted by Crippen LogP contribution is -2.12. The van der Waals surface area contributed by atoms with E-state index in [1.165, 1.54) is 24.3 Å². The molecule has 0 aliphatic rings. The highest BCUT2D eigenvalue weighted by Gasteiger charge is 2.11. The third-order valence-electron chi connectivity index (χ3n) is 2.39. The smallest absolute Gasteiger partial charge is 0.252 e. The minimum atomic E-state index is -0.667. The van der Waals surface area contributed by atoms with Gasteiger partial charge in [0.2, 0.25) is 0 Å². The average Bonchev–Trinajstić information content (AvgIpc) is 2.36. The predicted molar refractivity (Wildman–Crippen MR) is 73.5 cm³/mol. The van der Waals surface area contributed by atoms with Crippen LogP contribution in [0.25, 0.3) is 0 Å².